The van der Waals surface area contributed by atoms with Crippen LogP contribution in [0.3, 0.4) is 0 Å². The summed E-state index contributed by atoms with van der Waals surface area (Å²) in [6, 6.07) is 3.35. The zero-order valence-electron chi connectivity index (χ0n) is 16.9. The van der Waals surface area contributed by atoms with E-state index in [9.17, 15) is 29.4 Å². The van der Waals surface area contributed by atoms with Gasteiger partial charge in [0.1, 0.15) is 17.8 Å². The molecule has 1 aromatic rings. The van der Waals surface area contributed by atoms with Crippen molar-refractivity contribution in [1.82, 2.24) is 10.6 Å². The Bertz CT molecular complexity index is 884. The highest BCUT2D eigenvalue weighted by molar-refractivity contribution is 5.96. The van der Waals surface area contributed by atoms with Crippen LogP contribution in [0.15, 0.2) is 29.3 Å². The van der Waals surface area contributed by atoms with Gasteiger partial charge >= 0.3 is 11.9 Å². The highest BCUT2D eigenvalue weighted by Gasteiger charge is 2.51. The van der Waals surface area contributed by atoms with Gasteiger partial charge < -0.3 is 42.2 Å². The number of guanidine groups is 1. The first-order chi connectivity index (χ1) is 15.1. The molecule has 1 aliphatic heterocycles. The maximum atomic E-state index is 12.8. The number of carbonyl (C=O) groups is 4. The molecule has 2 amide bonds. The first kappa shape index (κ1) is 24.4. The molecule has 0 saturated carbocycles. The fraction of sp³-hybridized carbons (Fsp3) is 0.421. The van der Waals surface area contributed by atoms with Gasteiger partial charge in [-0.3, -0.25) is 14.6 Å². The lowest BCUT2D eigenvalue weighted by Gasteiger charge is -2.21. The number of aliphatic carboxylic acids is 2. The van der Waals surface area contributed by atoms with E-state index in [1.807, 2.05) is 0 Å². The Morgan fingerprint density at radius 2 is 1.69 bits per heavy atom. The number of hydrogen-bond acceptors (Lipinski definition) is 7. The van der Waals surface area contributed by atoms with Crippen LogP contribution in [0, 0.1) is 0 Å². The van der Waals surface area contributed by atoms with Crippen molar-refractivity contribution in [1.29, 1.82) is 0 Å². The number of epoxide rings is 1. The van der Waals surface area contributed by atoms with Gasteiger partial charge in [-0.1, -0.05) is 12.1 Å². The molecule has 1 aliphatic rings. The molecule has 2 rings (SSSR count). The number of carbonyl (C=O) groups excluding carboxylic acids is 2. The van der Waals surface area contributed by atoms with Crippen LogP contribution in [0.2, 0.25) is 0 Å². The fourth-order valence-electron chi connectivity index (χ4n) is 2.86. The molecule has 9 N–H and O–H groups in total. The topological polar surface area (TPSA) is 230 Å². The Kier molecular flexibility index (Phi) is 8.35. The highest BCUT2D eigenvalue weighted by atomic mass is 16.6. The molecule has 1 heterocycles. The van der Waals surface area contributed by atoms with Crippen LogP contribution in [-0.2, 0) is 30.3 Å². The van der Waals surface area contributed by atoms with E-state index in [0.29, 0.717) is 5.56 Å². The number of phenols is 1. The number of hydrogen-bond donors (Lipinski definition) is 7. The Morgan fingerprint density at radius 3 is 2.22 bits per heavy atom. The number of nitrogens with two attached hydrogens (primary N) is 2. The van der Waals surface area contributed by atoms with Crippen LogP contribution in [0.5, 0.6) is 5.75 Å². The van der Waals surface area contributed by atoms with Gasteiger partial charge in [-0.25, -0.2) is 9.59 Å². The summed E-state index contributed by atoms with van der Waals surface area (Å²) in [4.78, 5) is 51.3. The summed E-state index contributed by atoms with van der Waals surface area (Å²) in [5.41, 5.74) is 11.0. The van der Waals surface area contributed by atoms with Crippen molar-refractivity contribution in [3.63, 3.8) is 0 Å². The second-order valence-corrected chi connectivity index (χ2v) is 7.10. The van der Waals surface area contributed by atoms with Gasteiger partial charge in [-0.05, 0) is 30.5 Å². The van der Waals surface area contributed by atoms with E-state index in [2.05, 4.69) is 15.6 Å². The molecular formula is C19H25N5O8. The monoisotopic (exact) mass is 451 g/mol. The molecule has 0 bridgehead atoms. The first-order valence-electron chi connectivity index (χ1n) is 9.63. The van der Waals surface area contributed by atoms with Crippen LogP contribution in [0.25, 0.3) is 0 Å². The number of nitrogens with one attached hydrogen (secondary N) is 2. The third-order valence-electron chi connectivity index (χ3n) is 4.56. The summed E-state index contributed by atoms with van der Waals surface area (Å²) in [6.07, 6.45) is -2.26. The molecule has 0 spiro atoms. The van der Waals surface area contributed by atoms with Crippen molar-refractivity contribution in [2.75, 3.05) is 6.54 Å². The van der Waals surface area contributed by atoms with Crippen molar-refractivity contribution in [3.05, 3.63) is 29.8 Å². The summed E-state index contributed by atoms with van der Waals surface area (Å²) in [6.45, 7) is 0.172. The van der Waals surface area contributed by atoms with E-state index in [1.54, 1.807) is 0 Å². The van der Waals surface area contributed by atoms with E-state index >= 15 is 0 Å². The number of carboxylic acid groups (broad SMARTS) is 2. The number of amides is 2. The summed E-state index contributed by atoms with van der Waals surface area (Å²) in [5.74, 6) is -4.32. The molecule has 0 aliphatic carbocycles. The molecule has 1 saturated heterocycles. The van der Waals surface area contributed by atoms with E-state index in [-0.39, 0.29) is 37.5 Å². The van der Waals surface area contributed by atoms with Crippen molar-refractivity contribution in [2.24, 2.45) is 16.5 Å². The first-order valence-corrected chi connectivity index (χ1v) is 9.63. The number of rotatable bonds is 12. The average molecular weight is 451 g/mol. The largest absolute Gasteiger partial charge is 0.508 e. The lowest BCUT2D eigenvalue weighted by molar-refractivity contribution is -0.142. The maximum Gasteiger partial charge on any atom is 0.336 e. The highest BCUT2D eigenvalue weighted by Crippen LogP contribution is 2.22. The molecule has 1 aromatic carbocycles. The zero-order chi connectivity index (χ0) is 23.8. The summed E-state index contributed by atoms with van der Waals surface area (Å²) < 4.78 is 4.79. The second-order valence-electron chi connectivity index (χ2n) is 7.10. The molecule has 4 atom stereocenters. The van der Waals surface area contributed by atoms with Gasteiger partial charge in [0.05, 0.1) is 0 Å². The minimum atomic E-state index is -1.31. The average Bonchev–Trinajstić information content (AvgIpc) is 3.52. The molecule has 13 nitrogen and oxygen atoms in total. The van der Waals surface area contributed by atoms with Gasteiger partial charge in [-0.2, -0.15) is 0 Å². The lowest BCUT2D eigenvalue weighted by atomic mass is 10.0. The number of benzene rings is 1. The Balaban J connectivity index is 2.07. The molecule has 174 valence electrons. The molecule has 32 heavy (non-hydrogen) atoms. The minimum absolute atomic E-state index is 0.00110. The van der Waals surface area contributed by atoms with Gasteiger partial charge in [0.25, 0.3) is 5.91 Å². The third kappa shape index (κ3) is 7.43. The van der Waals surface area contributed by atoms with Crippen molar-refractivity contribution < 1.29 is 39.2 Å². The molecular weight excluding hydrogens is 426 g/mol. The summed E-state index contributed by atoms with van der Waals surface area (Å²) >= 11 is 0. The number of carboxylic acids is 2. The Morgan fingerprint density at radius 1 is 1.03 bits per heavy atom. The van der Waals surface area contributed by atoms with Crippen molar-refractivity contribution in [3.8, 4) is 5.75 Å². The predicted octanol–water partition coefficient (Wildman–Crippen LogP) is -2.11. The van der Waals surface area contributed by atoms with Gasteiger partial charge in [0.15, 0.2) is 18.2 Å². The van der Waals surface area contributed by atoms with Crippen LogP contribution < -0.4 is 22.1 Å². The zero-order valence-corrected chi connectivity index (χ0v) is 16.9. The lowest BCUT2D eigenvalue weighted by Crippen LogP contribution is -2.53. The number of nitrogens with zero attached hydrogens (tertiary/aromatic N) is 1. The van der Waals surface area contributed by atoms with Gasteiger partial charge in [0, 0.05) is 13.0 Å². The van der Waals surface area contributed by atoms with Crippen LogP contribution in [0.4, 0.5) is 0 Å². The van der Waals surface area contributed by atoms with Crippen molar-refractivity contribution in [2.45, 2.75) is 43.6 Å². The van der Waals surface area contributed by atoms with Gasteiger partial charge in [-0.15, -0.1) is 0 Å². The molecule has 1 fully saturated rings. The molecule has 0 radical (unpaired) electrons. The third-order valence-corrected chi connectivity index (χ3v) is 4.56. The minimum Gasteiger partial charge on any atom is -0.508 e. The Hall–Kier alpha value is -3.87. The maximum absolute atomic E-state index is 12.8. The summed E-state index contributed by atoms with van der Waals surface area (Å²) in [7, 11) is 0. The molecule has 0 aromatic heterocycles. The quantitative estimate of drug-likeness (QED) is 0.0791. The second kappa shape index (κ2) is 10.9. The van der Waals surface area contributed by atoms with E-state index in [0.717, 1.165) is 0 Å². The SMILES string of the molecule is NC(N)=NCCCC(NC(=O)C(Cc1ccc(O)cc1)NC(=O)C1OC1C(=O)O)C(=O)O. The molecule has 4 unspecified atom stereocenters. The standard InChI is InChI=1S/C19H25N5O8/c20-19(21)22-7-1-2-11(17(28)29)23-15(26)12(8-9-3-5-10(25)6-4-9)24-16(27)13-14(32-13)18(30)31/h3-6,11-14,25H,1-2,7-8H2,(H,23,26)(H,24,27)(H,28,29)(H,30,31)(H4,20,21,22). The number of aromatic hydroxyl groups is 1. The van der Waals surface area contributed by atoms with E-state index in [1.165, 1.54) is 24.3 Å². The summed E-state index contributed by atoms with van der Waals surface area (Å²) in [5, 5.41) is 32.5. The van der Waals surface area contributed by atoms with Crippen molar-refractivity contribution >= 4 is 29.7 Å². The predicted molar refractivity (Wildman–Crippen MR) is 110 cm³/mol. The van der Waals surface area contributed by atoms with E-state index < -0.39 is 48.0 Å². The smallest absolute Gasteiger partial charge is 0.336 e. The molecule has 13 heteroatoms. The normalized spacial score (nSPS) is 18.6. The van der Waals surface area contributed by atoms with Crippen LogP contribution in [0.1, 0.15) is 18.4 Å². The number of aliphatic imine (C=N–C) groups is 1. The fourth-order valence-corrected chi connectivity index (χ4v) is 2.86. The van der Waals surface area contributed by atoms with Crippen LogP contribution >= 0.6 is 0 Å². The Labute approximate surface area is 182 Å². The van der Waals surface area contributed by atoms with Gasteiger partial charge in [0.2, 0.25) is 5.91 Å². The van der Waals surface area contributed by atoms with Crippen LogP contribution in [-0.4, -0.2) is 75.9 Å². The number of phenolic OH excluding ortho intramolecular Hbond substituents is 1. The number of ether oxygens (including phenoxy) is 1. The van der Waals surface area contributed by atoms with E-state index in [4.69, 9.17) is 21.3 Å².